The Morgan fingerprint density at radius 2 is 1.78 bits per heavy atom. The zero-order chi connectivity index (χ0) is 13.5. The Balaban J connectivity index is 2.69. The van der Waals surface area contributed by atoms with Crippen LogP contribution in [0.15, 0.2) is 30.8 Å². The molecule has 0 fully saturated rings. The van der Waals surface area contributed by atoms with Crippen molar-refractivity contribution in [1.82, 2.24) is 0 Å². The Morgan fingerprint density at radius 1 is 1.17 bits per heavy atom. The van der Waals surface area contributed by atoms with Crippen molar-refractivity contribution >= 4 is 5.57 Å². The molecule has 1 aromatic carbocycles. The maximum atomic E-state index is 4.09. The van der Waals surface area contributed by atoms with E-state index in [4.69, 9.17) is 0 Å². The summed E-state index contributed by atoms with van der Waals surface area (Å²) in [5.41, 5.74) is 3.98. The minimum absolute atomic E-state index is 0.760. The molecule has 0 nitrogen and oxygen atoms in total. The Bertz CT molecular complexity index is 371. The standard InChI is InChI=1S/C18H28/c1-6-16(7-2)12-15(5)13-17-10-8-9-11-18(17)14(3)4/h8-11,15-16H,3,6-7,12-13H2,1-2,4-5H3. The van der Waals surface area contributed by atoms with Gasteiger partial charge in [0.1, 0.15) is 0 Å². The first kappa shape index (κ1) is 15.0. The second-order valence-electron chi connectivity index (χ2n) is 5.66. The van der Waals surface area contributed by atoms with Gasteiger partial charge in [0.15, 0.2) is 0 Å². The van der Waals surface area contributed by atoms with Crippen LogP contribution in [0.3, 0.4) is 0 Å². The molecule has 0 aromatic heterocycles. The molecule has 0 aliphatic carbocycles. The Labute approximate surface area is 113 Å². The molecule has 0 heteroatoms. The summed E-state index contributed by atoms with van der Waals surface area (Å²) < 4.78 is 0. The van der Waals surface area contributed by atoms with Crippen LogP contribution in [0.25, 0.3) is 5.57 Å². The fourth-order valence-electron chi connectivity index (χ4n) is 2.76. The van der Waals surface area contributed by atoms with Crippen LogP contribution < -0.4 is 0 Å². The SMILES string of the molecule is C=C(C)c1ccccc1CC(C)CC(CC)CC. The molecule has 1 aromatic rings. The van der Waals surface area contributed by atoms with E-state index < -0.39 is 0 Å². The summed E-state index contributed by atoms with van der Waals surface area (Å²) in [5.74, 6) is 1.65. The molecule has 0 radical (unpaired) electrons. The number of hydrogen-bond donors (Lipinski definition) is 0. The molecular formula is C18H28. The van der Waals surface area contributed by atoms with Crippen molar-refractivity contribution in [2.45, 2.75) is 53.4 Å². The van der Waals surface area contributed by atoms with Crippen LogP contribution in [0.4, 0.5) is 0 Å². The normalized spacial score (nSPS) is 12.7. The predicted octanol–water partition coefficient (Wildman–Crippen LogP) is 5.72. The largest absolute Gasteiger partial charge is 0.0955 e. The van der Waals surface area contributed by atoms with Crippen LogP contribution in [-0.2, 0) is 6.42 Å². The molecule has 100 valence electrons. The predicted molar refractivity (Wildman–Crippen MR) is 82.7 cm³/mol. The molecular weight excluding hydrogens is 216 g/mol. The third-order valence-electron chi connectivity index (χ3n) is 3.94. The van der Waals surface area contributed by atoms with Gasteiger partial charge in [0.25, 0.3) is 0 Å². The monoisotopic (exact) mass is 244 g/mol. The zero-order valence-electron chi connectivity index (χ0n) is 12.5. The van der Waals surface area contributed by atoms with Crippen LogP contribution in [0, 0.1) is 11.8 Å². The summed E-state index contributed by atoms with van der Waals surface area (Å²) in [6, 6.07) is 8.71. The summed E-state index contributed by atoms with van der Waals surface area (Å²) in [6.45, 7) is 13.2. The molecule has 1 rings (SSSR count). The van der Waals surface area contributed by atoms with Crippen LogP contribution in [0.5, 0.6) is 0 Å². The first-order chi connectivity index (χ1) is 8.58. The average molecular weight is 244 g/mol. The molecule has 0 aliphatic heterocycles. The van der Waals surface area contributed by atoms with Crippen LogP contribution >= 0.6 is 0 Å². The fraction of sp³-hybridized carbons (Fsp3) is 0.556. The van der Waals surface area contributed by atoms with Crippen LogP contribution in [0.1, 0.15) is 58.1 Å². The van der Waals surface area contributed by atoms with Gasteiger partial charge in [-0.25, -0.2) is 0 Å². The van der Waals surface area contributed by atoms with E-state index in [1.165, 1.54) is 42.4 Å². The number of allylic oxidation sites excluding steroid dienone is 1. The van der Waals surface area contributed by atoms with Gasteiger partial charge in [-0.1, -0.05) is 70.0 Å². The molecule has 0 amide bonds. The van der Waals surface area contributed by atoms with Gasteiger partial charge in [0, 0.05) is 0 Å². The van der Waals surface area contributed by atoms with E-state index in [-0.39, 0.29) is 0 Å². The Kier molecular flexibility index (Phi) is 6.18. The molecule has 18 heavy (non-hydrogen) atoms. The quantitative estimate of drug-likeness (QED) is 0.575. The van der Waals surface area contributed by atoms with Crippen molar-refractivity contribution in [3.8, 4) is 0 Å². The molecule has 0 bridgehead atoms. The van der Waals surface area contributed by atoms with Crippen molar-refractivity contribution in [3.05, 3.63) is 42.0 Å². The van der Waals surface area contributed by atoms with Gasteiger partial charge >= 0.3 is 0 Å². The van der Waals surface area contributed by atoms with Crippen LogP contribution in [0.2, 0.25) is 0 Å². The maximum Gasteiger partial charge on any atom is -0.0201 e. The summed E-state index contributed by atoms with van der Waals surface area (Å²) in [4.78, 5) is 0. The van der Waals surface area contributed by atoms with E-state index in [9.17, 15) is 0 Å². The lowest BCUT2D eigenvalue weighted by atomic mass is 9.86. The first-order valence-corrected chi connectivity index (χ1v) is 7.32. The van der Waals surface area contributed by atoms with Crippen molar-refractivity contribution < 1.29 is 0 Å². The maximum absolute atomic E-state index is 4.09. The molecule has 0 spiro atoms. The topological polar surface area (TPSA) is 0 Å². The molecule has 0 saturated carbocycles. The zero-order valence-corrected chi connectivity index (χ0v) is 12.5. The van der Waals surface area contributed by atoms with E-state index in [1.807, 2.05) is 0 Å². The molecule has 0 aliphatic rings. The molecule has 1 atom stereocenters. The molecule has 0 saturated heterocycles. The highest BCUT2D eigenvalue weighted by Crippen LogP contribution is 2.25. The van der Waals surface area contributed by atoms with Crippen molar-refractivity contribution in [2.75, 3.05) is 0 Å². The van der Waals surface area contributed by atoms with Gasteiger partial charge in [-0.2, -0.15) is 0 Å². The van der Waals surface area contributed by atoms with Gasteiger partial charge in [0.05, 0.1) is 0 Å². The number of benzene rings is 1. The smallest absolute Gasteiger partial charge is 0.0201 e. The van der Waals surface area contributed by atoms with E-state index in [2.05, 4.69) is 58.5 Å². The highest BCUT2D eigenvalue weighted by molar-refractivity contribution is 5.64. The summed E-state index contributed by atoms with van der Waals surface area (Å²) in [6.07, 6.45) is 5.14. The molecule has 0 heterocycles. The summed E-state index contributed by atoms with van der Waals surface area (Å²) >= 11 is 0. The van der Waals surface area contributed by atoms with E-state index in [0.29, 0.717) is 0 Å². The van der Waals surface area contributed by atoms with Gasteiger partial charge in [-0.3, -0.25) is 0 Å². The van der Waals surface area contributed by atoms with Crippen molar-refractivity contribution in [3.63, 3.8) is 0 Å². The lowest BCUT2D eigenvalue weighted by molar-refractivity contribution is 0.369. The highest BCUT2D eigenvalue weighted by atomic mass is 14.2. The van der Waals surface area contributed by atoms with E-state index in [0.717, 1.165) is 11.8 Å². The van der Waals surface area contributed by atoms with Gasteiger partial charge in [0.2, 0.25) is 0 Å². The van der Waals surface area contributed by atoms with E-state index >= 15 is 0 Å². The lowest BCUT2D eigenvalue weighted by Crippen LogP contribution is -2.08. The molecule has 1 unspecified atom stereocenters. The van der Waals surface area contributed by atoms with Crippen LogP contribution in [-0.4, -0.2) is 0 Å². The van der Waals surface area contributed by atoms with Gasteiger partial charge in [-0.15, -0.1) is 0 Å². The molecule has 0 N–H and O–H groups in total. The number of hydrogen-bond acceptors (Lipinski definition) is 0. The number of rotatable bonds is 7. The van der Waals surface area contributed by atoms with Gasteiger partial charge in [-0.05, 0) is 42.7 Å². The first-order valence-electron chi connectivity index (χ1n) is 7.32. The summed E-state index contributed by atoms with van der Waals surface area (Å²) in [5, 5.41) is 0. The van der Waals surface area contributed by atoms with E-state index in [1.54, 1.807) is 0 Å². The van der Waals surface area contributed by atoms with Crippen molar-refractivity contribution in [2.24, 2.45) is 11.8 Å². The third-order valence-corrected chi connectivity index (χ3v) is 3.94. The minimum atomic E-state index is 0.760. The Hall–Kier alpha value is -1.04. The van der Waals surface area contributed by atoms with Crippen molar-refractivity contribution in [1.29, 1.82) is 0 Å². The average Bonchev–Trinajstić information content (AvgIpc) is 2.36. The lowest BCUT2D eigenvalue weighted by Gasteiger charge is -2.19. The minimum Gasteiger partial charge on any atom is -0.0955 e. The third kappa shape index (κ3) is 4.33. The fourth-order valence-corrected chi connectivity index (χ4v) is 2.76. The highest BCUT2D eigenvalue weighted by Gasteiger charge is 2.12. The second kappa shape index (κ2) is 7.41. The second-order valence-corrected chi connectivity index (χ2v) is 5.66. The Morgan fingerprint density at radius 3 is 2.33 bits per heavy atom. The van der Waals surface area contributed by atoms with Gasteiger partial charge < -0.3 is 0 Å². The summed E-state index contributed by atoms with van der Waals surface area (Å²) in [7, 11) is 0.